The molecule has 4 aliphatic heterocycles. The van der Waals surface area contributed by atoms with E-state index in [1.807, 2.05) is 93.0 Å². The smallest absolute Gasteiger partial charge is 0.353 e. The van der Waals surface area contributed by atoms with Crippen molar-refractivity contribution in [3.05, 3.63) is 242 Å². The average Bonchev–Trinajstić information content (AvgIpc) is 1.64. The first-order valence-electron chi connectivity index (χ1n) is 36.1. The van der Waals surface area contributed by atoms with E-state index >= 15 is 0 Å². The van der Waals surface area contributed by atoms with E-state index in [4.69, 9.17) is 10.1 Å². The maximum atomic E-state index is 13.8. The van der Waals surface area contributed by atoms with Crippen molar-refractivity contribution in [2.24, 2.45) is 17.8 Å². The van der Waals surface area contributed by atoms with Gasteiger partial charge >= 0.3 is 6.18 Å². The number of benzene rings is 5. The number of hydrogen-bond donors (Lipinski definition) is 4. The molecule has 23 nitrogen and oxygen atoms in total. The van der Waals surface area contributed by atoms with Gasteiger partial charge in [-0.25, -0.2) is 10.2 Å². The summed E-state index contributed by atoms with van der Waals surface area (Å²) in [5.74, 6) is -0.00181. The van der Waals surface area contributed by atoms with E-state index in [0.717, 1.165) is 62.5 Å². The average molecular weight is 1710 g/mol. The van der Waals surface area contributed by atoms with Crippen molar-refractivity contribution in [1.82, 2.24) is 48.9 Å². The molecule has 0 radical (unpaired) electrons. The normalized spacial score (nSPS) is 14.8. The number of anilines is 1. The SMILES string of the molecule is C=CC(=O)N1CC(CC(=O)Cn2cc(C(=O)N3CCN(c4ccccn4)CC3)c3cc(Br)ccc32)C1.C=CC(=O)N1CC(CC(=O)Cn2cc(C(=O)NC(CC)Cc3ccccc3)c3cc(Br)ccc32)C1.C=CC(=O)N1CC(CC(=O)Cn2cc(C(=O)NC(Cc3ccccc3)C(F)(F)F)c3cc(Br)ccc32)C1.O=[NH+]O. The van der Waals surface area contributed by atoms with Crippen LogP contribution in [0, 0.1) is 22.7 Å². The zero-order valence-corrected chi connectivity index (χ0v) is 65.8. The quantitative estimate of drug-likeness (QED) is 0.0290. The summed E-state index contributed by atoms with van der Waals surface area (Å²) in [6.45, 7) is 18.8. The molecule has 580 valence electrons. The summed E-state index contributed by atoms with van der Waals surface area (Å²) in [7, 11) is 0. The molecule has 111 heavy (non-hydrogen) atoms. The number of rotatable bonds is 26. The Bertz CT molecular complexity index is 4910. The molecule has 13 rings (SSSR count). The largest absolute Gasteiger partial charge is 0.408 e. The molecule has 4 fully saturated rings. The van der Waals surface area contributed by atoms with Crippen LogP contribution in [0.3, 0.4) is 0 Å². The molecule has 0 aliphatic carbocycles. The fourth-order valence-corrected chi connectivity index (χ4v) is 15.2. The third-order valence-electron chi connectivity index (χ3n) is 19.8. The van der Waals surface area contributed by atoms with Gasteiger partial charge in [-0.2, -0.15) is 13.2 Å². The van der Waals surface area contributed by atoms with Crippen LogP contribution in [0.1, 0.15) is 74.8 Å². The number of nitrogens with one attached hydrogen (secondary N) is 3. The molecule has 6 amide bonds. The standard InChI is InChI=1S/C28H30BrN3O3.C27H25BrF3N3O3.C27H28BrN5O3.HNO2/c1-3-22(12-19-8-6-5-7-9-19)30-28(35)25-18-31(26-11-10-21(29)14-24(25)26)17-23(33)13-20-15-32(16-20)27(34)4-2;1-2-25(36)34-13-18(14-34)10-20(35)15-33-16-22(21-12-19(28)8-9-23(21)33)26(37)32-24(27(29,30)31)11-17-6-4-3-5-7-17;1-2-26(35)33-15-19(16-33)13-21(34)17-32-18-23(22-14-20(28)6-7-24(22)32)27(36)31-11-9-30(10-12-31)25-5-3-4-8-29-25;2-1-3/h4-11,14,18,20,22H,2-3,12-13,15-17H2,1H3,(H,30,35);2-9,12,16,18,24H,1,10-11,13-15H2,(H,32,37);2-8,14,18-19H,1,9-13,15-17H2;1H/p+1. The van der Waals surface area contributed by atoms with Gasteiger partial charge in [-0.05, 0) is 109 Å². The van der Waals surface area contributed by atoms with E-state index in [2.05, 4.69) is 107 Å². The van der Waals surface area contributed by atoms with E-state index < -0.39 is 24.5 Å². The molecule has 0 saturated carbocycles. The molecule has 2 atom stereocenters. The summed E-state index contributed by atoms with van der Waals surface area (Å²) < 4.78 is 49.1. The highest BCUT2D eigenvalue weighted by Crippen LogP contribution is 2.33. The van der Waals surface area contributed by atoms with Crippen LogP contribution in [0.5, 0.6) is 0 Å². The number of carbonyl (C=O) groups is 9. The number of likely N-dealkylation sites (tertiary alicyclic amines) is 3. The Labute approximate surface area is 664 Å². The lowest BCUT2D eigenvalue weighted by atomic mass is 9.94. The number of carbonyl (C=O) groups excluding carboxylic acids is 9. The van der Waals surface area contributed by atoms with E-state index in [1.165, 1.54) is 30.0 Å². The van der Waals surface area contributed by atoms with Gasteiger partial charge in [-0.1, -0.05) is 141 Å². The van der Waals surface area contributed by atoms with Gasteiger partial charge in [0, 0.05) is 186 Å². The van der Waals surface area contributed by atoms with E-state index in [9.17, 15) is 56.3 Å². The van der Waals surface area contributed by atoms with Crippen LogP contribution in [-0.4, -0.2) is 180 Å². The second-order valence-corrected chi connectivity index (χ2v) is 30.5. The van der Waals surface area contributed by atoms with E-state index in [1.54, 1.807) is 80.2 Å². The minimum absolute atomic E-state index is 0.0110. The van der Waals surface area contributed by atoms with Crippen molar-refractivity contribution in [1.29, 1.82) is 0 Å². The van der Waals surface area contributed by atoms with Gasteiger partial charge in [0.15, 0.2) is 22.7 Å². The first kappa shape index (κ1) is 82.8. The molecule has 2 unspecified atom stereocenters. The summed E-state index contributed by atoms with van der Waals surface area (Å²) in [6.07, 6.45) is 8.25. The number of hydrogen-bond acceptors (Lipinski definition) is 12. The van der Waals surface area contributed by atoms with Crippen LogP contribution in [0.25, 0.3) is 32.7 Å². The molecular weight excluding hydrogens is 1630 g/mol. The number of amides is 6. The van der Waals surface area contributed by atoms with Gasteiger partial charge in [-0.15, -0.1) is 0 Å². The van der Waals surface area contributed by atoms with Crippen LogP contribution in [0.2, 0.25) is 0 Å². The predicted octanol–water partition coefficient (Wildman–Crippen LogP) is 11.3. The van der Waals surface area contributed by atoms with Gasteiger partial charge in [0.25, 0.3) is 17.7 Å². The van der Waals surface area contributed by atoms with E-state index in [0.29, 0.717) is 103 Å². The summed E-state index contributed by atoms with van der Waals surface area (Å²) >= 11 is 10.4. The summed E-state index contributed by atoms with van der Waals surface area (Å²) in [6, 6.07) is 38.7. The topological polar surface area (TPSA) is 273 Å². The number of nitrogens with zero attached hydrogens (tertiary/aromatic N) is 9. The van der Waals surface area contributed by atoms with Crippen molar-refractivity contribution in [3.8, 4) is 0 Å². The molecule has 0 bridgehead atoms. The lowest BCUT2D eigenvalue weighted by Crippen LogP contribution is -2.58. The Hall–Kier alpha value is -10.7. The molecule has 29 heteroatoms. The highest BCUT2D eigenvalue weighted by molar-refractivity contribution is 9.11. The monoisotopic (exact) mass is 1710 g/mol. The first-order valence-corrected chi connectivity index (χ1v) is 38.5. The lowest BCUT2D eigenvalue weighted by Gasteiger charge is -2.38. The molecule has 5 aromatic carbocycles. The van der Waals surface area contributed by atoms with Gasteiger partial charge in [-0.3, -0.25) is 43.2 Å². The van der Waals surface area contributed by atoms with Crippen LogP contribution >= 0.6 is 47.8 Å². The Kier molecular flexibility index (Phi) is 28.6. The molecule has 0 spiro atoms. The first-order chi connectivity index (χ1) is 53.3. The molecule has 9 aromatic rings. The van der Waals surface area contributed by atoms with Crippen LogP contribution < -0.4 is 20.9 Å². The second-order valence-electron chi connectivity index (χ2n) is 27.7. The van der Waals surface area contributed by atoms with Crippen molar-refractivity contribution in [3.63, 3.8) is 0 Å². The lowest BCUT2D eigenvalue weighted by molar-refractivity contribution is -0.755. The Morgan fingerprint density at radius 2 is 0.892 bits per heavy atom. The van der Waals surface area contributed by atoms with Crippen LogP contribution in [0.15, 0.2) is 210 Å². The zero-order valence-electron chi connectivity index (χ0n) is 61.0. The van der Waals surface area contributed by atoms with Gasteiger partial charge in [0.05, 0.1) is 41.2 Å². The fourth-order valence-electron chi connectivity index (χ4n) is 14.1. The molecule has 4 aromatic heterocycles. The van der Waals surface area contributed by atoms with Crippen molar-refractivity contribution in [2.45, 2.75) is 83.3 Å². The van der Waals surface area contributed by atoms with Crippen LogP contribution in [0.4, 0.5) is 19.0 Å². The van der Waals surface area contributed by atoms with E-state index in [-0.39, 0.29) is 102 Å². The number of aromatic nitrogens is 4. The summed E-state index contributed by atoms with van der Waals surface area (Å²) in [5.41, 5.74) is 5.12. The number of Topliss-reactive ketones (excluding diaryl/α,β-unsaturated/α-hetero) is 3. The van der Waals surface area contributed by atoms with Gasteiger partial charge in [0.2, 0.25) is 17.7 Å². The Morgan fingerprint density at radius 3 is 1.26 bits per heavy atom. The number of piperazine rings is 1. The molecule has 4 aliphatic rings. The number of fused-ring (bicyclic) bond motifs is 3. The fraction of sp³-hybridized carbons (Fsp3) is 0.317. The Balaban J connectivity index is 0.000000174. The maximum Gasteiger partial charge on any atom is 0.408 e. The van der Waals surface area contributed by atoms with Gasteiger partial charge < -0.3 is 48.8 Å². The zero-order chi connectivity index (χ0) is 79.6. The van der Waals surface area contributed by atoms with Gasteiger partial charge in [0.1, 0.15) is 11.9 Å². The highest BCUT2D eigenvalue weighted by atomic mass is 79.9. The third-order valence-corrected chi connectivity index (χ3v) is 21.3. The second kappa shape index (κ2) is 38.3. The molecule has 4 N–H and O–H groups in total. The summed E-state index contributed by atoms with van der Waals surface area (Å²) in [4.78, 5) is 135. The molecule has 8 heterocycles. The van der Waals surface area contributed by atoms with Crippen molar-refractivity contribution >= 4 is 139 Å². The number of pyridine rings is 1. The minimum atomic E-state index is -4.65. The number of halogens is 6. The molecular formula is C82H85Br3F3N12O11+. The van der Waals surface area contributed by atoms with Crippen LogP contribution in [-0.2, 0) is 61.2 Å². The maximum absolute atomic E-state index is 13.8. The third kappa shape index (κ3) is 21.7. The molecule has 4 saturated heterocycles. The Morgan fingerprint density at radius 1 is 0.523 bits per heavy atom. The number of ketones is 3. The highest BCUT2D eigenvalue weighted by Gasteiger charge is 2.42. The van der Waals surface area contributed by atoms with Crippen molar-refractivity contribution in [2.75, 3.05) is 70.3 Å². The number of alkyl halides is 3. The predicted molar refractivity (Wildman–Crippen MR) is 426 cm³/mol. The minimum Gasteiger partial charge on any atom is -0.353 e. The van der Waals surface area contributed by atoms with Crippen molar-refractivity contribution < 1.29 is 66.9 Å². The summed E-state index contributed by atoms with van der Waals surface area (Å²) in [5, 5.41) is 14.7.